The van der Waals surface area contributed by atoms with Gasteiger partial charge in [-0.15, -0.1) is 0 Å². The van der Waals surface area contributed by atoms with Crippen LogP contribution in [-0.4, -0.2) is 34.6 Å². The molecule has 0 radical (unpaired) electrons. The molecule has 1 fully saturated rings. The van der Waals surface area contributed by atoms with Gasteiger partial charge in [-0.1, -0.05) is 18.6 Å². The van der Waals surface area contributed by atoms with Gasteiger partial charge in [0.25, 0.3) is 0 Å². The molecule has 5 nitrogen and oxygen atoms in total. The molecule has 21 heavy (non-hydrogen) atoms. The van der Waals surface area contributed by atoms with Crippen molar-refractivity contribution in [2.24, 2.45) is 0 Å². The minimum atomic E-state index is -1.03. The summed E-state index contributed by atoms with van der Waals surface area (Å²) >= 11 is 0. The van der Waals surface area contributed by atoms with E-state index in [2.05, 4.69) is 12.2 Å². The Hall–Kier alpha value is -2.04. The van der Waals surface area contributed by atoms with Gasteiger partial charge in [0, 0.05) is 12.6 Å². The molecule has 2 rings (SSSR count). The number of rotatable bonds is 3. The number of hydrogen-bond acceptors (Lipinski definition) is 2. The fraction of sp³-hybridized carbons (Fsp3) is 0.500. The van der Waals surface area contributed by atoms with Crippen LogP contribution in [0.5, 0.6) is 0 Å². The molecule has 1 saturated heterocycles. The van der Waals surface area contributed by atoms with Gasteiger partial charge in [0.15, 0.2) is 0 Å². The van der Waals surface area contributed by atoms with Crippen molar-refractivity contribution in [3.63, 3.8) is 0 Å². The third kappa shape index (κ3) is 3.54. The summed E-state index contributed by atoms with van der Waals surface area (Å²) < 4.78 is 0. The number of carbonyl (C=O) groups is 2. The van der Waals surface area contributed by atoms with Crippen LogP contribution in [0.15, 0.2) is 18.2 Å². The second-order valence-corrected chi connectivity index (χ2v) is 5.54. The van der Waals surface area contributed by atoms with Crippen LogP contribution >= 0.6 is 0 Å². The van der Waals surface area contributed by atoms with Gasteiger partial charge in [-0.2, -0.15) is 0 Å². The Morgan fingerprint density at radius 3 is 2.81 bits per heavy atom. The van der Waals surface area contributed by atoms with Crippen LogP contribution in [-0.2, 0) is 0 Å². The first kappa shape index (κ1) is 15.4. The van der Waals surface area contributed by atoms with Crippen molar-refractivity contribution in [1.82, 2.24) is 4.90 Å². The fourth-order valence-electron chi connectivity index (χ4n) is 2.82. The first-order chi connectivity index (χ1) is 10.0. The molecule has 2 N–H and O–H groups in total. The summed E-state index contributed by atoms with van der Waals surface area (Å²) in [6, 6.07) is 5.08. The summed E-state index contributed by atoms with van der Waals surface area (Å²) in [4.78, 5) is 25.5. The summed E-state index contributed by atoms with van der Waals surface area (Å²) in [7, 11) is 0. The van der Waals surface area contributed by atoms with Crippen molar-refractivity contribution in [2.75, 3.05) is 11.9 Å². The molecule has 114 valence electrons. The van der Waals surface area contributed by atoms with Gasteiger partial charge in [0.05, 0.1) is 11.3 Å². The third-order valence-electron chi connectivity index (χ3n) is 4.01. The van der Waals surface area contributed by atoms with Crippen molar-refractivity contribution >= 4 is 17.7 Å². The number of nitrogens with zero attached hydrogens (tertiary/aromatic N) is 1. The average molecular weight is 290 g/mol. The highest BCUT2D eigenvalue weighted by Gasteiger charge is 2.26. The van der Waals surface area contributed by atoms with E-state index < -0.39 is 5.97 Å². The smallest absolute Gasteiger partial charge is 0.337 e. The number of carboxylic acids is 1. The van der Waals surface area contributed by atoms with E-state index in [1.165, 1.54) is 0 Å². The fourth-order valence-corrected chi connectivity index (χ4v) is 2.82. The van der Waals surface area contributed by atoms with Crippen molar-refractivity contribution in [3.05, 3.63) is 29.3 Å². The number of anilines is 1. The Balaban J connectivity index is 2.17. The Morgan fingerprint density at radius 2 is 2.14 bits per heavy atom. The summed E-state index contributed by atoms with van der Waals surface area (Å²) in [6.07, 6.45) is 4.09. The van der Waals surface area contributed by atoms with Crippen molar-refractivity contribution in [1.29, 1.82) is 0 Å². The van der Waals surface area contributed by atoms with E-state index in [4.69, 9.17) is 0 Å². The zero-order valence-corrected chi connectivity index (χ0v) is 12.6. The molecule has 0 aromatic heterocycles. The number of hydrogen-bond donors (Lipinski definition) is 2. The third-order valence-corrected chi connectivity index (χ3v) is 4.01. The van der Waals surface area contributed by atoms with Gasteiger partial charge in [-0.25, -0.2) is 9.59 Å². The van der Waals surface area contributed by atoms with E-state index in [0.717, 1.165) is 37.8 Å². The number of amides is 2. The molecule has 1 aromatic rings. The van der Waals surface area contributed by atoms with Gasteiger partial charge in [0.2, 0.25) is 0 Å². The minimum Gasteiger partial charge on any atom is -0.478 e. The Labute approximate surface area is 125 Å². The molecule has 1 unspecified atom stereocenters. The van der Waals surface area contributed by atoms with Crippen LogP contribution in [0.1, 0.15) is 48.5 Å². The second-order valence-electron chi connectivity index (χ2n) is 5.54. The standard InChI is InChI=1S/C16H22N2O3/c1-3-12-6-4-5-9-18(12)16(21)17-14-8-7-11(2)10-13(14)15(19)20/h7-8,10,12H,3-6,9H2,1-2H3,(H,17,21)(H,19,20). The molecule has 2 amide bonds. The highest BCUT2D eigenvalue weighted by molar-refractivity contribution is 6.00. The first-order valence-corrected chi connectivity index (χ1v) is 7.44. The summed E-state index contributed by atoms with van der Waals surface area (Å²) in [5.74, 6) is -1.03. The molecule has 0 spiro atoms. The number of urea groups is 1. The van der Waals surface area contributed by atoms with E-state index in [-0.39, 0.29) is 17.6 Å². The molecule has 0 aliphatic carbocycles. The monoisotopic (exact) mass is 290 g/mol. The molecule has 1 aromatic carbocycles. The van der Waals surface area contributed by atoms with Crippen molar-refractivity contribution in [2.45, 2.75) is 45.6 Å². The zero-order chi connectivity index (χ0) is 15.4. The number of aromatic carboxylic acids is 1. The normalized spacial score (nSPS) is 18.4. The number of nitrogens with one attached hydrogen (secondary N) is 1. The van der Waals surface area contributed by atoms with E-state index in [1.807, 2.05) is 11.8 Å². The highest BCUT2D eigenvalue weighted by atomic mass is 16.4. The predicted molar refractivity (Wildman–Crippen MR) is 81.8 cm³/mol. The van der Waals surface area contributed by atoms with Gasteiger partial charge >= 0.3 is 12.0 Å². The molecule has 0 saturated carbocycles. The van der Waals surface area contributed by atoms with E-state index in [9.17, 15) is 14.7 Å². The molecule has 1 aliphatic rings. The molecule has 0 bridgehead atoms. The van der Waals surface area contributed by atoms with Crippen LogP contribution < -0.4 is 5.32 Å². The molecule has 1 aliphatic heterocycles. The van der Waals surface area contributed by atoms with E-state index in [0.29, 0.717) is 5.69 Å². The number of piperidine rings is 1. The summed E-state index contributed by atoms with van der Waals surface area (Å²) in [5, 5.41) is 12.0. The maximum atomic E-state index is 12.4. The summed E-state index contributed by atoms with van der Waals surface area (Å²) in [5.41, 5.74) is 1.35. The van der Waals surface area contributed by atoms with Gasteiger partial charge in [-0.3, -0.25) is 0 Å². The lowest BCUT2D eigenvalue weighted by Gasteiger charge is -2.35. The number of carbonyl (C=O) groups excluding carboxylic acids is 1. The molecular weight excluding hydrogens is 268 g/mol. The lowest BCUT2D eigenvalue weighted by atomic mass is 10.0. The van der Waals surface area contributed by atoms with Crippen molar-refractivity contribution < 1.29 is 14.7 Å². The highest BCUT2D eigenvalue weighted by Crippen LogP contribution is 2.22. The maximum Gasteiger partial charge on any atom is 0.337 e. The number of aryl methyl sites for hydroxylation is 1. The number of carboxylic acid groups (broad SMARTS) is 1. The van der Waals surface area contributed by atoms with Gasteiger partial charge < -0.3 is 15.3 Å². The maximum absolute atomic E-state index is 12.4. The SMILES string of the molecule is CCC1CCCCN1C(=O)Nc1ccc(C)cc1C(=O)O. The number of likely N-dealkylation sites (tertiary alicyclic amines) is 1. The molecule has 5 heteroatoms. The number of benzene rings is 1. The van der Waals surface area contributed by atoms with Crippen LogP contribution in [0, 0.1) is 6.92 Å². The molecule has 1 atom stereocenters. The lowest BCUT2D eigenvalue weighted by Crippen LogP contribution is -2.45. The van der Waals surface area contributed by atoms with Gasteiger partial charge in [-0.05, 0) is 44.7 Å². The molecular formula is C16H22N2O3. The van der Waals surface area contributed by atoms with Crippen LogP contribution in [0.25, 0.3) is 0 Å². The van der Waals surface area contributed by atoms with Crippen LogP contribution in [0.4, 0.5) is 10.5 Å². The van der Waals surface area contributed by atoms with Gasteiger partial charge in [0.1, 0.15) is 0 Å². The molecule has 1 heterocycles. The predicted octanol–water partition coefficient (Wildman–Crippen LogP) is 3.49. The first-order valence-electron chi connectivity index (χ1n) is 7.44. The topological polar surface area (TPSA) is 69.6 Å². The van der Waals surface area contributed by atoms with Crippen molar-refractivity contribution in [3.8, 4) is 0 Å². The lowest BCUT2D eigenvalue weighted by molar-refractivity contribution is 0.0698. The van der Waals surface area contributed by atoms with Crippen LogP contribution in [0.2, 0.25) is 0 Å². The average Bonchev–Trinajstić information content (AvgIpc) is 2.48. The Kier molecular flexibility index (Phi) is 4.83. The van der Waals surface area contributed by atoms with E-state index >= 15 is 0 Å². The quantitative estimate of drug-likeness (QED) is 0.895. The zero-order valence-electron chi connectivity index (χ0n) is 12.6. The summed E-state index contributed by atoms with van der Waals surface area (Å²) in [6.45, 7) is 4.64. The van der Waals surface area contributed by atoms with E-state index in [1.54, 1.807) is 18.2 Å². The second kappa shape index (κ2) is 6.61. The van der Waals surface area contributed by atoms with Crippen LogP contribution in [0.3, 0.4) is 0 Å². The largest absolute Gasteiger partial charge is 0.478 e. The Morgan fingerprint density at radius 1 is 1.38 bits per heavy atom. The Bertz CT molecular complexity index is 542. The minimum absolute atomic E-state index is 0.133.